The number of nitrogens with zero attached hydrogens (tertiary/aromatic N) is 1. The molecule has 1 heterocycles. The van der Waals surface area contributed by atoms with Crippen molar-refractivity contribution in [2.75, 3.05) is 6.54 Å². The maximum Gasteiger partial charge on any atom is 0.222 e. The zero-order chi connectivity index (χ0) is 10.0. The Hall–Kier alpha value is -1.26. The van der Waals surface area contributed by atoms with Gasteiger partial charge in [-0.05, 0) is 19.8 Å². The Morgan fingerprint density at radius 1 is 1.46 bits per heavy atom. The number of amides is 1. The molecule has 0 aromatic rings. The molecule has 5 nitrogen and oxygen atoms in total. The van der Waals surface area contributed by atoms with Gasteiger partial charge in [0.05, 0.1) is 5.92 Å². The van der Waals surface area contributed by atoms with E-state index in [1.165, 1.54) is 0 Å². The zero-order valence-corrected chi connectivity index (χ0v) is 7.79. The van der Waals surface area contributed by atoms with Crippen LogP contribution in [0.25, 0.3) is 0 Å². The van der Waals surface area contributed by atoms with E-state index >= 15 is 0 Å². The van der Waals surface area contributed by atoms with Crippen molar-refractivity contribution in [2.24, 2.45) is 17.4 Å². The molecule has 0 bridgehead atoms. The topological polar surface area (TPSA) is 96.2 Å². The molecular weight excluding hydrogens is 168 g/mol. The number of hydrogen-bond acceptors (Lipinski definition) is 2. The highest BCUT2D eigenvalue weighted by Gasteiger charge is 2.28. The molecule has 0 spiro atoms. The van der Waals surface area contributed by atoms with Crippen LogP contribution in [0, 0.1) is 11.3 Å². The smallest absolute Gasteiger partial charge is 0.222 e. The lowest BCUT2D eigenvalue weighted by Gasteiger charge is -2.37. The number of nitrogens with two attached hydrogens (primary N) is 2. The monoisotopic (exact) mass is 184 g/mol. The quantitative estimate of drug-likeness (QED) is 0.377. The fourth-order valence-corrected chi connectivity index (χ4v) is 1.67. The molecule has 1 fully saturated rings. The van der Waals surface area contributed by atoms with Crippen LogP contribution in [0.4, 0.5) is 0 Å². The maximum atomic E-state index is 10.9. The predicted molar refractivity (Wildman–Crippen MR) is 50.0 cm³/mol. The van der Waals surface area contributed by atoms with Crippen molar-refractivity contribution in [3.63, 3.8) is 0 Å². The largest absolute Gasteiger partial charge is 0.370 e. The Balaban J connectivity index is 2.63. The number of hydrogen-bond donors (Lipinski definition) is 3. The van der Waals surface area contributed by atoms with Gasteiger partial charge in [0, 0.05) is 12.6 Å². The van der Waals surface area contributed by atoms with Gasteiger partial charge in [0.25, 0.3) is 0 Å². The number of likely N-dealkylation sites (tertiary alicyclic amines) is 1. The molecule has 2 unspecified atom stereocenters. The van der Waals surface area contributed by atoms with E-state index in [9.17, 15) is 4.79 Å². The Labute approximate surface area is 77.6 Å². The first-order chi connectivity index (χ1) is 6.02. The fourth-order valence-electron chi connectivity index (χ4n) is 1.67. The fraction of sp³-hybridized carbons (Fsp3) is 0.750. The molecule has 0 aromatic heterocycles. The third kappa shape index (κ3) is 2.11. The van der Waals surface area contributed by atoms with Gasteiger partial charge in [-0.2, -0.15) is 0 Å². The number of nitrogens with one attached hydrogen (secondary N) is 1. The molecule has 1 rings (SSSR count). The summed E-state index contributed by atoms with van der Waals surface area (Å²) >= 11 is 0. The first-order valence-corrected chi connectivity index (χ1v) is 4.42. The SMILES string of the molecule is CC1CCC(C(N)=O)CN1C(=N)N. The summed E-state index contributed by atoms with van der Waals surface area (Å²) in [6.07, 6.45) is 1.67. The molecule has 2 atom stereocenters. The van der Waals surface area contributed by atoms with Gasteiger partial charge in [0.15, 0.2) is 5.96 Å². The summed E-state index contributed by atoms with van der Waals surface area (Å²) in [5.74, 6) is -0.420. The van der Waals surface area contributed by atoms with E-state index in [2.05, 4.69) is 0 Å². The summed E-state index contributed by atoms with van der Waals surface area (Å²) in [4.78, 5) is 12.6. The van der Waals surface area contributed by atoms with Crippen LogP contribution in [-0.4, -0.2) is 29.4 Å². The third-order valence-corrected chi connectivity index (χ3v) is 2.59. The number of carbonyl (C=O) groups is 1. The van der Waals surface area contributed by atoms with Gasteiger partial charge >= 0.3 is 0 Å². The minimum Gasteiger partial charge on any atom is -0.370 e. The second kappa shape index (κ2) is 3.64. The number of piperidine rings is 1. The van der Waals surface area contributed by atoms with Gasteiger partial charge in [0.1, 0.15) is 0 Å². The first kappa shape index (κ1) is 9.83. The van der Waals surface area contributed by atoms with Gasteiger partial charge in [-0.25, -0.2) is 0 Å². The van der Waals surface area contributed by atoms with Crippen LogP contribution in [0.15, 0.2) is 0 Å². The predicted octanol–water partition coefficient (Wildman–Crippen LogP) is -0.534. The van der Waals surface area contributed by atoms with E-state index < -0.39 is 0 Å². The molecule has 1 aliphatic rings. The lowest BCUT2D eigenvalue weighted by Crippen LogP contribution is -2.50. The van der Waals surface area contributed by atoms with Crippen LogP contribution in [0.1, 0.15) is 19.8 Å². The average molecular weight is 184 g/mol. The van der Waals surface area contributed by atoms with E-state index in [-0.39, 0.29) is 23.8 Å². The normalized spacial score (nSPS) is 28.5. The van der Waals surface area contributed by atoms with Crippen LogP contribution in [-0.2, 0) is 4.79 Å². The van der Waals surface area contributed by atoms with E-state index in [1.807, 2.05) is 6.92 Å². The second-order valence-corrected chi connectivity index (χ2v) is 3.56. The van der Waals surface area contributed by atoms with E-state index in [0.717, 1.165) is 12.8 Å². The molecule has 0 aliphatic carbocycles. The summed E-state index contributed by atoms with van der Waals surface area (Å²) in [6, 6.07) is 0.244. The summed E-state index contributed by atoms with van der Waals surface area (Å²) < 4.78 is 0. The van der Waals surface area contributed by atoms with E-state index in [1.54, 1.807) is 4.90 Å². The molecule has 0 saturated carbocycles. The molecule has 74 valence electrons. The first-order valence-electron chi connectivity index (χ1n) is 4.42. The minimum atomic E-state index is -0.293. The molecular formula is C8H16N4O. The minimum absolute atomic E-state index is 0.0263. The second-order valence-electron chi connectivity index (χ2n) is 3.56. The highest BCUT2D eigenvalue weighted by atomic mass is 16.1. The Morgan fingerprint density at radius 2 is 2.08 bits per heavy atom. The molecule has 13 heavy (non-hydrogen) atoms. The highest BCUT2D eigenvalue weighted by molar-refractivity contribution is 5.79. The molecule has 1 saturated heterocycles. The molecule has 5 N–H and O–H groups in total. The van der Waals surface area contributed by atoms with E-state index in [4.69, 9.17) is 16.9 Å². The molecule has 0 aromatic carbocycles. The molecule has 1 amide bonds. The van der Waals surface area contributed by atoms with Crippen LogP contribution >= 0.6 is 0 Å². The van der Waals surface area contributed by atoms with Gasteiger partial charge in [-0.1, -0.05) is 0 Å². The van der Waals surface area contributed by atoms with Crippen molar-refractivity contribution in [1.29, 1.82) is 5.41 Å². The number of carbonyl (C=O) groups excluding carboxylic acids is 1. The van der Waals surface area contributed by atoms with Crippen LogP contribution in [0.5, 0.6) is 0 Å². The summed E-state index contributed by atoms with van der Waals surface area (Å²) in [6.45, 7) is 2.49. The standard InChI is InChI=1S/C8H16N4O/c1-5-2-3-6(7(9)13)4-12(5)8(10)11/h5-6H,2-4H2,1H3,(H2,9,13)(H3,10,11). The number of primary amides is 1. The molecule has 1 aliphatic heterocycles. The van der Waals surface area contributed by atoms with Crippen molar-refractivity contribution < 1.29 is 4.79 Å². The van der Waals surface area contributed by atoms with Crippen molar-refractivity contribution in [3.05, 3.63) is 0 Å². The lowest BCUT2D eigenvalue weighted by atomic mass is 9.93. The highest BCUT2D eigenvalue weighted by Crippen LogP contribution is 2.20. The van der Waals surface area contributed by atoms with Gasteiger partial charge in [0.2, 0.25) is 5.91 Å². The zero-order valence-electron chi connectivity index (χ0n) is 7.79. The van der Waals surface area contributed by atoms with Gasteiger partial charge in [-0.15, -0.1) is 0 Å². The van der Waals surface area contributed by atoms with Crippen LogP contribution in [0.3, 0.4) is 0 Å². The Kier molecular flexibility index (Phi) is 2.75. The van der Waals surface area contributed by atoms with Crippen molar-refractivity contribution in [1.82, 2.24) is 4.90 Å². The Morgan fingerprint density at radius 3 is 2.54 bits per heavy atom. The number of rotatable bonds is 1. The van der Waals surface area contributed by atoms with Crippen LogP contribution in [0.2, 0.25) is 0 Å². The van der Waals surface area contributed by atoms with Crippen molar-refractivity contribution in [3.8, 4) is 0 Å². The molecule has 5 heteroatoms. The number of guanidine groups is 1. The van der Waals surface area contributed by atoms with Crippen LogP contribution < -0.4 is 11.5 Å². The van der Waals surface area contributed by atoms with Crippen molar-refractivity contribution in [2.45, 2.75) is 25.8 Å². The van der Waals surface area contributed by atoms with Gasteiger partial charge < -0.3 is 16.4 Å². The van der Waals surface area contributed by atoms with E-state index in [0.29, 0.717) is 6.54 Å². The third-order valence-electron chi connectivity index (χ3n) is 2.59. The summed E-state index contributed by atoms with van der Waals surface area (Å²) in [5, 5.41) is 7.30. The summed E-state index contributed by atoms with van der Waals surface area (Å²) in [7, 11) is 0. The van der Waals surface area contributed by atoms with Gasteiger partial charge in [-0.3, -0.25) is 10.2 Å². The Bertz CT molecular complexity index is 228. The lowest BCUT2D eigenvalue weighted by molar-refractivity contribution is -0.123. The average Bonchev–Trinajstić information content (AvgIpc) is 2.04. The summed E-state index contributed by atoms with van der Waals surface area (Å²) in [5.41, 5.74) is 10.6. The maximum absolute atomic E-state index is 10.9. The van der Waals surface area contributed by atoms with Crippen molar-refractivity contribution >= 4 is 11.9 Å². The molecule has 0 radical (unpaired) electrons.